The number of aryl methyl sites for hydroxylation is 2. The maximum Gasteiger partial charge on any atom is 0.228 e. The van der Waals surface area contributed by atoms with E-state index in [0.717, 1.165) is 45.3 Å². The molecule has 29 heavy (non-hydrogen) atoms. The van der Waals surface area contributed by atoms with E-state index in [9.17, 15) is 4.79 Å². The first-order valence-electron chi connectivity index (χ1n) is 9.99. The maximum atomic E-state index is 13.2. The second-order valence-electron chi connectivity index (χ2n) is 7.65. The average molecular weight is 407 g/mol. The van der Waals surface area contributed by atoms with Crippen molar-refractivity contribution in [2.24, 2.45) is 0 Å². The number of aromatic nitrogens is 1. The van der Waals surface area contributed by atoms with Crippen molar-refractivity contribution in [1.82, 2.24) is 9.88 Å². The first kappa shape index (κ1) is 19.6. The van der Waals surface area contributed by atoms with Gasteiger partial charge in [-0.2, -0.15) is 0 Å². The summed E-state index contributed by atoms with van der Waals surface area (Å²) >= 11 is 1.63. The number of carbonyl (C=O) groups excluding carboxylic acids is 1. The number of methoxy groups -OCH3 is 1. The van der Waals surface area contributed by atoms with E-state index in [1.54, 1.807) is 18.4 Å². The zero-order chi connectivity index (χ0) is 20.4. The van der Waals surface area contributed by atoms with Crippen LogP contribution in [0.5, 0.6) is 5.75 Å². The Morgan fingerprint density at radius 1 is 1.10 bits per heavy atom. The summed E-state index contributed by atoms with van der Waals surface area (Å²) in [5.74, 6) is 1.02. The van der Waals surface area contributed by atoms with Crippen LogP contribution in [0.4, 0.5) is 0 Å². The Kier molecular flexibility index (Phi) is 5.67. The maximum absolute atomic E-state index is 13.2. The van der Waals surface area contributed by atoms with Crippen molar-refractivity contribution in [2.45, 2.75) is 45.7 Å². The molecule has 1 fully saturated rings. The van der Waals surface area contributed by atoms with Gasteiger partial charge in [0.05, 0.1) is 24.2 Å². The van der Waals surface area contributed by atoms with Gasteiger partial charge >= 0.3 is 0 Å². The standard InChI is InChI=1S/C24H26N2O2S/c1-16-4-8-19(9-5-16)24-22(29-17(2)25-24)14-23(27)26(20-10-11-20)15-18-6-12-21(28-3)13-7-18/h4-9,12-13,20H,10-11,14-15H2,1-3H3. The molecular weight excluding hydrogens is 380 g/mol. The zero-order valence-electron chi connectivity index (χ0n) is 17.1. The van der Waals surface area contributed by atoms with Crippen LogP contribution in [0, 0.1) is 13.8 Å². The molecule has 0 atom stereocenters. The van der Waals surface area contributed by atoms with E-state index in [1.807, 2.05) is 36.1 Å². The van der Waals surface area contributed by atoms with E-state index in [0.29, 0.717) is 19.0 Å². The van der Waals surface area contributed by atoms with Gasteiger partial charge in [0.1, 0.15) is 5.75 Å². The summed E-state index contributed by atoms with van der Waals surface area (Å²) in [5, 5.41) is 0.997. The fourth-order valence-electron chi connectivity index (χ4n) is 3.50. The predicted octanol–water partition coefficient (Wildman–Crippen LogP) is 5.17. The summed E-state index contributed by atoms with van der Waals surface area (Å²) in [6, 6.07) is 16.7. The van der Waals surface area contributed by atoms with E-state index in [-0.39, 0.29) is 5.91 Å². The summed E-state index contributed by atoms with van der Waals surface area (Å²) in [6.45, 7) is 4.73. The molecular formula is C24H26N2O2S. The average Bonchev–Trinajstić information content (AvgIpc) is 3.50. The molecule has 1 aromatic heterocycles. The quantitative estimate of drug-likeness (QED) is 0.544. The molecule has 1 saturated carbocycles. The van der Waals surface area contributed by atoms with Crippen LogP contribution in [0.1, 0.15) is 33.9 Å². The number of thiazole rings is 1. The number of hydrogen-bond donors (Lipinski definition) is 0. The number of hydrogen-bond acceptors (Lipinski definition) is 4. The number of carbonyl (C=O) groups is 1. The van der Waals surface area contributed by atoms with Gasteiger partial charge in [0.2, 0.25) is 5.91 Å². The summed E-state index contributed by atoms with van der Waals surface area (Å²) in [5.41, 5.74) is 4.37. The van der Waals surface area contributed by atoms with Crippen molar-refractivity contribution in [3.63, 3.8) is 0 Å². The van der Waals surface area contributed by atoms with Crippen LogP contribution in [0.25, 0.3) is 11.3 Å². The van der Waals surface area contributed by atoms with Crippen LogP contribution in [-0.2, 0) is 17.8 Å². The fourth-order valence-corrected chi connectivity index (χ4v) is 4.45. The molecule has 5 heteroatoms. The second-order valence-corrected chi connectivity index (χ2v) is 8.94. The molecule has 0 spiro atoms. The Labute approximate surface area is 176 Å². The zero-order valence-corrected chi connectivity index (χ0v) is 18.0. The molecule has 0 N–H and O–H groups in total. The van der Waals surface area contributed by atoms with E-state index in [1.165, 1.54) is 5.56 Å². The topological polar surface area (TPSA) is 42.4 Å². The van der Waals surface area contributed by atoms with Crippen molar-refractivity contribution in [3.05, 3.63) is 69.5 Å². The minimum atomic E-state index is 0.181. The summed E-state index contributed by atoms with van der Waals surface area (Å²) in [4.78, 5) is 21.1. The number of amides is 1. The molecule has 0 aliphatic heterocycles. The van der Waals surface area contributed by atoms with E-state index < -0.39 is 0 Å². The van der Waals surface area contributed by atoms with Crippen molar-refractivity contribution in [3.8, 4) is 17.0 Å². The Bertz CT molecular complexity index is 989. The highest BCUT2D eigenvalue weighted by Crippen LogP contribution is 2.32. The molecule has 3 aromatic rings. The molecule has 0 saturated heterocycles. The molecule has 1 heterocycles. The Morgan fingerprint density at radius 2 is 1.79 bits per heavy atom. The second kappa shape index (κ2) is 8.37. The molecule has 2 aromatic carbocycles. The van der Waals surface area contributed by atoms with E-state index in [4.69, 9.17) is 9.72 Å². The lowest BCUT2D eigenvalue weighted by molar-refractivity contribution is -0.131. The van der Waals surface area contributed by atoms with Gasteiger partial charge < -0.3 is 9.64 Å². The van der Waals surface area contributed by atoms with Crippen molar-refractivity contribution < 1.29 is 9.53 Å². The van der Waals surface area contributed by atoms with Gasteiger partial charge in [-0.3, -0.25) is 4.79 Å². The molecule has 0 unspecified atom stereocenters. The lowest BCUT2D eigenvalue weighted by Gasteiger charge is -2.23. The monoisotopic (exact) mass is 406 g/mol. The van der Waals surface area contributed by atoms with Crippen molar-refractivity contribution >= 4 is 17.2 Å². The Balaban J connectivity index is 1.53. The van der Waals surface area contributed by atoms with Crippen LogP contribution in [0.15, 0.2) is 48.5 Å². The molecule has 1 aliphatic rings. The van der Waals surface area contributed by atoms with Gasteiger partial charge in [-0.25, -0.2) is 4.98 Å². The van der Waals surface area contributed by atoms with Gasteiger partial charge in [0, 0.05) is 23.0 Å². The van der Waals surface area contributed by atoms with Gasteiger partial charge in [-0.1, -0.05) is 42.0 Å². The van der Waals surface area contributed by atoms with Crippen LogP contribution in [0.3, 0.4) is 0 Å². The highest BCUT2D eigenvalue weighted by Gasteiger charge is 2.33. The Hall–Kier alpha value is -2.66. The van der Waals surface area contributed by atoms with Gasteiger partial charge in [0.25, 0.3) is 0 Å². The van der Waals surface area contributed by atoms with Crippen LogP contribution < -0.4 is 4.74 Å². The molecule has 1 amide bonds. The van der Waals surface area contributed by atoms with Crippen LogP contribution >= 0.6 is 11.3 Å². The van der Waals surface area contributed by atoms with E-state index in [2.05, 4.69) is 31.2 Å². The first-order chi connectivity index (χ1) is 14.0. The SMILES string of the molecule is COc1ccc(CN(C(=O)Cc2sc(C)nc2-c2ccc(C)cc2)C2CC2)cc1. The molecule has 150 valence electrons. The first-order valence-corrected chi connectivity index (χ1v) is 10.8. The highest BCUT2D eigenvalue weighted by atomic mass is 32.1. The summed E-state index contributed by atoms with van der Waals surface area (Å²) < 4.78 is 5.24. The normalized spacial score (nSPS) is 13.3. The highest BCUT2D eigenvalue weighted by molar-refractivity contribution is 7.12. The number of benzene rings is 2. The minimum Gasteiger partial charge on any atom is -0.497 e. The minimum absolute atomic E-state index is 0.181. The van der Waals surface area contributed by atoms with Crippen molar-refractivity contribution in [2.75, 3.05) is 7.11 Å². The fraction of sp³-hybridized carbons (Fsp3) is 0.333. The molecule has 0 bridgehead atoms. The van der Waals surface area contributed by atoms with E-state index >= 15 is 0 Å². The summed E-state index contributed by atoms with van der Waals surface area (Å²) in [7, 11) is 1.66. The molecule has 4 nitrogen and oxygen atoms in total. The van der Waals surface area contributed by atoms with Gasteiger partial charge in [-0.15, -0.1) is 11.3 Å². The third-order valence-corrected chi connectivity index (χ3v) is 6.23. The van der Waals surface area contributed by atoms with Crippen LogP contribution in [0.2, 0.25) is 0 Å². The summed E-state index contributed by atoms with van der Waals surface area (Å²) in [6.07, 6.45) is 2.59. The third-order valence-electron chi connectivity index (χ3n) is 5.26. The predicted molar refractivity (Wildman–Crippen MR) is 117 cm³/mol. The number of rotatable bonds is 7. The van der Waals surface area contributed by atoms with Crippen molar-refractivity contribution in [1.29, 1.82) is 0 Å². The van der Waals surface area contributed by atoms with Gasteiger partial charge in [0.15, 0.2) is 0 Å². The Morgan fingerprint density at radius 3 is 2.41 bits per heavy atom. The molecule has 4 rings (SSSR count). The lowest BCUT2D eigenvalue weighted by atomic mass is 10.1. The smallest absolute Gasteiger partial charge is 0.228 e. The molecule has 0 radical (unpaired) electrons. The van der Waals surface area contributed by atoms with Crippen LogP contribution in [-0.4, -0.2) is 28.9 Å². The molecule has 1 aliphatic carbocycles. The van der Waals surface area contributed by atoms with Gasteiger partial charge in [-0.05, 0) is 44.4 Å². The largest absolute Gasteiger partial charge is 0.497 e. The number of ether oxygens (including phenoxy) is 1. The lowest BCUT2D eigenvalue weighted by Crippen LogP contribution is -2.33. The number of nitrogens with zero attached hydrogens (tertiary/aromatic N) is 2. The third kappa shape index (κ3) is 4.67.